The first-order valence-corrected chi connectivity index (χ1v) is 7.91. The molecular formula is C18H26O2. The first-order valence-electron chi connectivity index (χ1n) is 7.91. The van der Waals surface area contributed by atoms with Gasteiger partial charge in [0.05, 0.1) is 6.10 Å². The molecule has 0 unspecified atom stereocenters. The van der Waals surface area contributed by atoms with E-state index in [9.17, 15) is 4.79 Å². The Labute approximate surface area is 122 Å². The van der Waals surface area contributed by atoms with Crippen molar-refractivity contribution in [2.45, 2.75) is 59.0 Å². The Morgan fingerprint density at radius 3 is 2.55 bits per heavy atom. The number of hydrogen-bond acceptors (Lipinski definition) is 2. The van der Waals surface area contributed by atoms with E-state index < -0.39 is 0 Å². The average Bonchev–Trinajstić information content (AvgIpc) is 2.46. The zero-order valence-corrected chi connectivity index (χ0v) is 12.9. The van der Waals surface area contributed by atoms with Crippen molar-refractivity contribution in [1.29, 1.82) is 0 Å². The minimum Gasteiger partial charge on any atom is -0.491 e. The highest BCUT2D eigenvalue weighted by atomic mass is 16.5. The van der Waals surface area contributed by atoms with Crippen molar-refractivity contribution in [1.82, 2.24) is 0 Å². The SMILES string of the molecule is CCC1CCC(C(=O)c2cccc(OC(C)C)c2)CC1. The van der Waals surface area contributed by atoms with E-state index in [4.69, 9.17) is 4.74 Å². The molecule has 0 spiro atoms. The molecule has 0 heterocycles. The van der Waals surface area contributed by atoms with Gasteiger partial charge in [0.2, 0.25) is 0 Å². The first-order chi connectivity index (χ1) is 9.60. The fraction of sp³-hybridized carbons (Fsp3) is 0.611. The van der Waals surface area contributed by atoms with Gasteiger partial charge in [-0.1, -0.05) is 25.5 Å². The summed E-state index contributed by atoms with van der Waals surface area (Å²) >= 11 is 0. The Hall–Kier alpha value is -1.31. The lowest BCUT2D eigenvalue weighted by molar-refractivity contribution is 0.0870. The molecule has 0 aliphatic heterocycles. The van der Waals surface area contributed by atoms with E-state index in [0.29, 0.717) is 5.78 Å². The highest BCUT2D eigenvalue weighted by Gasteiger charge is 2.26. The lowest BCUT2D eigenvalue weighted by Gasteiger charge is -2.26. The van der Waals surface area contributed by atoms with E-state index >= 15 is 0 Å². The highest BCUT2D eigenvalue weighted by Crippen LogP contribution is 2.33. The molecule has 0 atom stereocenters. The number of benzene rings is 1. The third kappa shape index (κ3) is 3.84. The van der Waals surface area contributed by atoms with Crippen LogP contribution in [0, 0.1) is 11.8 Å². The van der Waals surface area contributed by atoms with Crippen molar-refractivity contribution >= 4 is 5.78 Å². The molecule has 1 aliphatic rings. The van der Waals surface area contributed by atoms with E-state index in [-0.39, 0.29) is 12.0 Å². The maximum absolute atomic E-state index is 12.6. The minimum atomic E-state index is 0.139. The normalized spacial score (nSPS) is 22.8. The van der Waals surface area contributed by atoms with Crippen molar-refractivity contribution in [2.75, 3.05) is 0 Å². The van der Waals surface area contributed by atoms with Gasteiger partial charge in [-0.15, -0.1) is 0 Å². The predicted molar refractivity (Wildman–Crippen MR) is 82.3 cm³/mol. The van der Waals surface area contributed by atoms with Gasteiger partial charge in [-0.05, 0) is 57.6 Å². The van der Waals surface area contributed by atoms with Crippen LogP contribution in [0.2, 0.25) is 0 Å². The second-order valence-corrected chi connectivity index (χ2v) is 6.18. The van der Waals surface area contributed by atoms with E-state index in [1.165, 1.54) is 19.3 Å². The van der Waals surface area contributed by atoms with Crippen LogP contribution in [-0.4, -0.2) is 11.9 Å². The summed E-state index contributed by atoms with van der Waals surface area (Å²) in [6.07, 6.45) is 5.89. The van der Waals surface area contributed by atoms with Crippen molar-refractivity contribution in [3.05, 3.63) is 29.8 Å². The van der Waals surface area contributed by atoms with Crippen LogP contribution in [0.5, 0.6) is 5.75 Å². The maximum atomic E-state index is 12.6. The summed E-state index contributed by atoms with van der Waals surface area (Å²) in [5.41, 5.74) is 0.808. The van der Waals surface area contributed by atoms with Gasteiger partial charge >= 0.3 is 0 Å². The summed E-state index contributed by atoms with van der Waals surface area (Å²) in [5, 5.41) is 0. The fourth-order valence-electron chi connectivity index (χ4n) is 3.06. The molecule has 110 valence electrons. The molecule has 0 saturated heterocycles. The van der Waals surface area contributed by atoms with E-state index in [1.807, 2.05) is 38.1 Å². The van der Waals surface area contributed by atoms with E-state index in [0.717, 1.165) is 30.1 Å². The van der Waals surface area contributed by atoms with Crippen LogP contribution in [0.15, 0.2) is 24.3 Å². The monoisotopic (exact) mass is 274 g/mol. The molecule has 1 fully saturated rings. The lowest BCUT2D eigenvalue weighted by Crippen LogP contribution is -2.21. The van der Waals surface area contributed by atoms with Crippen LogP contribution in [0.1, 0.15) is 63.2 Å². The van der Waals surface area contributed by atoms with E-state index in [1.54, 1.807) is 0 Å². The second kappa shape index (κ2) is 6.92. The number of ether oxygens (including phenoxy) is 1. The summed E-state index contributed by atoms with van der Waals surface area (Å²) in [6, 6.07) is 7.66. The standard InChI is InChI=1S/C18H26O2/c1-4-14-8-10-15(11-9-14)18(19)16-6-5-7-17(12-16)20-13(2)3/h5-7,12-15H,4,8-11H2,1-3H3. The minimum absolute atomic E-state index is 0.139. The van der Waals surface area contributed by atoms with Crippen LogP contribution in [-0.2, 0) is 0 Å². The van der Waals surface area contributed by atoms with Gasteiger partial charge in [-0.25, -0.2) is 0 Å². The molecule has 1 aromatic rings. The smallest absolute Gasteiger partial charge is 0.166 e. The molecule has 20 heavy (non-hydrogen) atoms. The van der Waals surface area contributed by atoms with Crippen molar-refractivity contribution in [3.8, 4) is 5.75 Å². The predicted octanol–water partition coefficient (Wildman–Crippen LogP) is 4.87. The van der Waals surface area contributed by atoms with Gasteiger partial charge in [0.25, 0.3) is 0 Å². The molecule has 0 N–H and O–H groups in total. The Morgan fingerprint density at radius 1 is 1.25 bits per heavy atom. The number of carbonyl (C=O) groups is 1. The molecular weight excluding hydrogens is 248 g/mol. The number of carbonyl (C=O) groups excluding carboxylic acids is 1. The third-order valence-corrected chi connectivity index (χ3v) is 4.29. The van der Waals surface area contributed by atoms with Crippen molar-refractivity contribution < 1.29 is 9.53 Å². The Bertz CT molecular complexity index is 442. The summed E-state index contributed by atoms with van der Waals surface area (Å²) < 4.78 is 5.67. The Balaban J connectivity index is 2.02. The summed E-state index contributed by atoms with van der Waals surface area (Å²) in [6.45, 7) is 6.25. The van der Waals surface area contributed by atoms with Crippen LogP contribution in [0.3, 0.4) is 0 Å². The van der Waals surface area contributed by atoms with Crippen LogP contribution >= 0.6 is 0 Å². The maximum Gasteiger partial charge on any atom is 0.166 e. The lowest BCUT2D eigenvalue weighted by atomic mass is 9.78. The number of ketones is 1. The molecule has 0 radical (unpaired) electrons. The molecule has 2 rings (SSSR count). The van der Waals surface area contributed by atoms with Crippen molar-refractivity contribution in [3.63, 3.8) is 0 Å². The van der Waals surface area contributed by atoms with Gasteiger partial charge in [-0.3, -0.25) is 4.79 Å². The van der Waals surface area contributed by atoms with Gasteiger partial charge in [0, 0.05) is 11.5 Å². The topological polar surface area (TPSA) is 26.3 Å². The number of hydrogen-bond donors (Lipinski definition) is 0. The van der Waals surface area contributed by atoms with Crippen LogP contribution in [0.25, 0.3) is 0 Å². The zero-order chi connectivity index (χ0) is 14.5. The zero-order valence-electron chi connectivity index (χ0n) is 12.9. The summed E-state index contributed by atoms with van der Waals surface area (Å²) in [4.78, 5) is 12.6. The third-order valence-electron chi connectivity index (χ3n) is 4.29. The number of rotatable bonds is 5. The van der Waals surface area contributed by atoms with Gasteiger partial charge in [0.15, 0.2) is 5.78 Å². The molecule has 2 nitrogen and oxygen atoms in total. The van der Waals surface area contributed by atoms with Crippen LogP contribution < -0.4 is 4.74 Å². The molecule has 1 saturated carbocycles. The quantitative estimate of drug-likeness (QED) is 0.716. The number of Topliss-reactive ketones (excluding diaryl/α,β-unsaturated/α-hetero) is 1. The largest absolute Gasteiger partial charge is 0.491 e. The summed E-state index contributed by atoms with van der Waals surface area (Å²) in [5.74, 6) is 2.14. The second-order valence-electron chi connectivity index (χ2n) is 6.18. The molecule has 0 amide bonds. The van der Waals surface area contributed by atoms with Gasteiger partial charge in [0.1, 0.15) is 5.75 Å². The van der Waals surface area contributed by atoms with Gasteiger partial charge in [-0.2, -0.15) is 0 Å². The fourth-order valence-corrected chi connectivity index (χ4v) is 3.06. The first kappa shape index (κ1) is 15.1. The average molecular weight is 274 g/mol. The summed E-state index contributed by atoms with van der Waals surface area (Å²) in [7, 11) is 0. The molecule has 1 aromatic carbocycles. The molecule has 1 aliphatic carbocycles. The molecule has 0 bridgehead atoms. The molecule has 2 heteroatoms. The van der Waals surface area contributed by atoms with Crippen LogP contribution in [0.4, 0.5) is 0 Å². The highest BCUT2D eigenvalue weighted by molar-refractivity contribution is 5.98. The Morgan fingerprint density at radius 2 is 1.95 bits per heavy atom. The van der Waals surface area contributed by atoms with E-state index in [2.05, 4.69) is 6.92 Å². The Kier molecular flexibility index (Phi) is 5.22. The van der Waals surface area contributed by atoms with Crippen molar-refractivity contribution in [2.24, 2.45) is 11.8 Å². The van der Waals surface area contributed by atoms with Gasteiger partial charge < -0.3 is 4.74 Å². The molecule has 0 aromatic heterocycles.